The van der Waals surface area contributed by atoms with Gasteiger partial charge >= 0.3 is 0 Å². The van der Waals surface area contributed by atoms with Gasteiger partial charge in [-0.1, -0.05) is 57.8 Å². The largest absolute Gasteiger partial charge is 0.395 e. The fourth-order valence-electron chi connectivity index (χ4n) is 2.84. The maximum absolute atomic E-state index is 8.78. The molecule has 0 atom stereocenters. The maximum Gasteiger partial charge on any atom is 0.0555 e. The highest BCUT2D eigenvalue weighted by Gasteiger charge is 2.08. The first-order valence-corrected chi connectivity index (χ1v) is 7.75. The van der Waals surface area contributed by atoms with Gasteiger partial charge in [-0.15, -0.1) is 0 Å². The van der Waals surface area contributed by atoms with Gasteiger partial charge in [0.15, 0.2) is 0 Å². The Hall–Kier alpha value is -0.0800. The zero-order valence-corrected chi connectivity index (χ0v) is 11.4. The van der Waals surface area contributed by atoms with Crippen LogP contribution in [0.1, 0.15) is 70.6 Å². The van der Waals surface area contributed by atoms with Crippen molar-refractivity contribution in [3.63, 3.8) is 0 Å². The first-order valence-electron chi connectivity index (χ1n) is 7.75. The fourth-order valence-corrected chi connectivity index (χ4v) is 2.84. The normalized spacial score (nSPS) is 21.7. The smallest absolute Gasteiger partial charge is 0.0555 e. The summed E-state index contributed by atoms with van der Waals surface area (Å²) in [5, 5.41) is 12.2. The van der Waals surface area contributed by atoms with Gasteiger partial charge in [0.25, 0.3) is 0 Å². The predicted octanol–water partition coefficient (Wildman–Crippen LogP) is 3.49. The molecule has 0 aromatic heterocycles. The van der Waals surface area contributed by atoms with Crippen LogP contribution in [0.5, 0.6) is 0 Å². The molecule has 0 spiro atoms. The Morgan fingerprint density at radius 2 is 1.24 bits per heavy atom. The molecular weight excluding hydrogens is 210 g/mol. The molecule has 1 aliphatic carbocycles. The maximum atomic E-state index is 8.78. The molecule has 2 nitrogen and oxygen atoms in total. The second-order valence-corrected chi connectivity index (χ2v) is 5.55. The molecule has 0 saturated heterocycles. The standard InChI is InChI=1S/C15H31NO/c17-13-12-16-14-15-10-8-6-4-2-1-3-5-7-9-11-15/h15-17H,1-14H2. The lowest BCUT2D eigenvalue weighted by Crippen LogP contribution is -2.25. The molecule has 0 aromatic rings. The van der Waals surface area contributed by atoms with E-state index in [1.807, 2.05) is 0 Å². The van der Waals surface area contributed by atoms with Crippen LogP contribution in [0, 0.1) is 5.92 Å². The molecule has 102 valence electrons. The third kappa shape index (κ3) is 8.62. The van der Waals surface area contributed by atoms with Crippen LogP contribution in [0.2, 0.25) is 0 Å². The van der Waals surface area contributed by atoms with Crippen LogP contribution in [0.25, 0.3) is 0 Å². The van der Waals surface area contributed by atoms with Crippen molar-refractivity contribution in [1.29, 1.82) is 0 Å². The molecule has 1 saturated carbocycles. The van der Waals surface area contributed by atoms with E-state index in [9.17, 15) is 0 Å². The van der Waals surface area contributed by atoms with Crippen molar-refractivity contribution in [3.05, 3.63) is 0 Å². The number of hydrogen-bond acceptors (Lipinski definition) is 2. The van der Waals surface area contributed by atoms with Crippen LogP contribution < -0.4 is 5.32 Å². The molecule has 1 fully saturated rings. The van der Waals surface area contributed by atoms with Gasteiger partial charge in [0.1, 0.15) is 0 Å². The summed E-state index contributed by atoms with van der Waals surface area (Å²) in [6, 6.07) is 0. The van der Waals surface area contributed by atoms with E-state index < -0.39 is 0 Å². The topological polar surface area (TPSA) is 32.3 Å². The molecule has 0 heterocycles. The van der Waals surface area contributed by atoms with Crippen LogP contribution in [-0.2, 0) is 0 Å². The first kappa shape index (κ1) is 15.0. The number of aliphatic hydroxyl groups is 1. The van der Waals surface area contributed by atoms with Gasteiger partial charge in [-0.3, -0.25) is 0 Å². The lowest BCUT2D eigenvalue weighted by atomic mass is 9.93. The fraction of sp³-hybridized carbons (Fsp3) is 1.00. The Kier molecular flexibility index (Phi) is 9.72. The molecular formula is C15H31NO. The van der Waals surface area contributed by atoms with E-state index in [2.05, 4.69) is 5.32 Å². The average molecular weight is 241 g/mol. The lowest BCUT2D eigenvalue weighted by Gasteiger charge is -2.18. The van der Waals surface area contributed by atoms with Gasteiger partial charge in [0.05, 0.1) is 6.61 Å². The highest BCUT2D eigenvalue weighted by molar-refractivity contribution is 4.64. The minimum Gasteiger partial charge on any atom is -0.395 e. The number of rotatable bonds is 4. The molecule has 2 N–H and O–H groups in total. The molecule has 17 heavy (non-hydrogen) atoms. The minimum absolute atomic E-state index is 0.271. The highest BCUT2D eigenvalue weighted by atomic mass is 16.3. The third-order valence-corrected chi connectivity index (χ3v) is 3.95. The highest BCUT2D eigenvalue weighted by Crippen LogP contribution is 2.20. The van der Waals surface area contributed by atoms with E-state index in [-0.39, 0.29) is 6.61 Å². The van der Waals surface area contributed by atoms with Crippen LogP contribution in [0.4, 0.5) is 0 Å². The summed E-state index contributed by atoms with van der Waals surface area (Å²) in [5.41, 5.74) is 0. The molecule has 0 aliphatic heterocycles. The monoisotopic (exact) mass is 241 g/mol. The number of hydrogen-bond donors (Lipinski definition) is 2. The Morgan fingerprint density at radius 3 is 1.71 bits per heavy atom. The van der Waals surface area contributed by atoms with Crippen LogP contribution in [0.3, 0.4) is 0 Å². The summed E-state index contributed by atoms with van der Waals surface area (Å²) in [7, 11) is 0. The zero-order valence-electron chi connectivity index (χ0n) is 11.4. The van der Waals surface area contributed by atoms with Crippen LogP contribution >= 0.6 is 0 Å². The van der Waals surface area contributed by atoms with Gasteiger partial charge in [-0.05, 0) is 25.3 Å². The Morgan fingerprint density at radius 1 is 0.765 bits per heavy atom. The van der Waals surface area contributed by atoms with Crippen molar-refractivity contribution in [1.82, 2.24) is 5.32 Å². The van der Waals surface area contributed by atoms with Gasteiger partial charge in [0, 0.05) is 6.54 Å². The number of aliphatic hydroxyl groups excluding tert-OH is 1. The van der Waals surface area contributed by atoms with Crippen molar-refractivity contribution < 1.29 is 5.11 Å². The van der Waals surface area contributed by atoms with Gasteiger partial charge in [-0.25, -0.2) is 0 Å². The van der Waals surface area contributed by atoms with Crippen molar-refractivity contribution in [2.24, 2.45) is 5.92 Å². The van der Waals surface area contributed by atoms with Crippen molar-refractivity contribution >= 4 is 0 Å². The van der Waals surface area contributed by atoms with Crippen molar-refractivity contribution in [2.45, 2.75) is 70.6 Å². The van der Waals surface area contributed by atoms with Gasteiger partial charge in [-0.2, -0.15) is 0 Å². The van der Waals surface area contributed by atoms with E-state index in [0.717, 1.165) is 19.0 Å². The SMILES string of the molecule is OCCNCC1CCCCCCCCCCC1. The molecule has 1 rings (SSSR count). The van der Waals surface area contributed by atoms with Gasteiger partial charge < -0.3 is 10.4 Å². The average Bonchev–Trinajstić information content (AvgIpc) is 2.32. The van der Waals surface area contributed by atoms with E-state index in [1.54, 1.807) is 0 Å². The van der Waals surface area contributed by atoms with Crippen molar-refractivity contribution in [2.75, 3.05) is 19.7 Å². The van der Waals surface area contributed by atoms with E-state index in [1.165, 1.54) is 70.6 Å². The second-order valence-electron chi connectivity index (χ2n) is 5.55. The molecule has 0 unspecified atom stereocenters. The molecule has 0 aromatic carbocycles. The summed E-state index contributed by atoms with van der Waals surface area (Å²) >= 11 is 0. The molecule has 1 aliphatic rings. The molecule has 0 radical (unpaired) electrons. The molecule has 2 heteroatoms. The van der Waals surface area contributed by atoms with Crippen LogP contribution in [0.15, 0.2) is 0 Å². The van der Waals surface area contributed by atoms with E-state index >= 15 is 0 Å². The summed E-state index contributed by atoms with van der Waals surface area (Å²) in [6.07, 6.45) is 15.7. The second kappa shape index (κ2) is 11.0. The quantitative estimate of drug-likeness (QED) is 0.738. The van der Waals surface area contributed by atoms with E-state index in [4.69, 9.17) is 5.11 Å². The Bertz CT molecular complexity index is 149. The van der Waals surface area contributed by atoms with Crippen LogP contribution in [-0.4, -0.2) is 24.8 Å². The first-order chi connectivity index (χ1) is 8.43. The summed E-state index contributed by atoms with van der Waals surface area (Å²) in [6.45, 7) is 2.14. The summed E-state index contributed by atoms with van der Waals surface area (Å²) < 4.78 is 0. The van der Waals surface area contributed by atoms with E-state index in [0.29, 0.717) is 0 Å². The Labute approximate surface area is 107 Å². The Balaban J connectivity index is 2.17. The van der Waals surface area contributed by atoms with Gasteiger partial charge in [0.2, 0.25) is 0 Å². The summed E-state index contributed by atoms with van der Waals surface area (Å²) in [5.74, 6) is 0.848. The minimum atomic E-state index is 0.271. The zero-order chi connectivity index (χ0) is 12.2. The lowest BCUT2D eigenvalue weighted by molar-refractivity contribution is 0.283. The predicted molar refractivity (Wildman–Crippen MR) is 74.2 cm³/mol. The third-order valence-electron chi connectivity index (χ3n) is 3.95. The molecule has 0 amide bonds. The summed E-state index contributed by atoms with van der Waals surface area (Å²) in [4.78, 5) is 0. The number of nitrogens with one attached hydrogen (secondary N) is 1. The van der Waals surface area contributed by atoms with Crippen molar-refractivity contribution in [3.8, 4) is 0 Å². The molecule has 0 bridgehead atoms.